The van der Waals surface area contributed by atoms with Crippen molar-refractivity contribution in [2.75, 3.05) is 0 Å². The van der Waals surface area contributed by atoms with Crippen molar-refractivity contribution >= 4 is 0 Å². The zero-order valence-electron chi connectivity index (χ0n) is 6.12. The molecule has 0 bridgehead atoms. The largest absolute Gasteiger partial charge is 0.389 e. The number of hydrogen-bond donors (Lipinski definition) is 0. The second kappa shape index (κ2) is 4.57. The van der Waals surface area contributed by atoms with Crippen LogP contribution in [0.2, 0.25) is 0 Å². The summed E-state index contributed by atoms with van der Waals surface area (Å²) in [4.78, 5) is 0. The molecule has 0 aliphatic heterocycles. The normalized spacial score (nSPS) is 15.0. The van der Waals surface area contributed by atoms with Gasteiger partial charge in [0.05, 0.1) is 0 Å². The van der Waals surface area contributed by atoms with Crippen molar-refractivity contribution in [1.29, 1.82) is 0 Å². The molecule has 0 nitrogen and oxygen atoms in total. The van der Waals surface area contributed by atoms with Gasteiger partial charge in [-0.2, -0.15) is 13.2 Å². The second-order valence-electron chi connectivity index (χ2n) is 2.39. The molecule has 0 fully saturated rings. The third kappa shape index (κ3) is 7.62. The molecule has 1 radical (unpaired) electrons. The molecule has 0 rings (SSSR count). The Morgan fingerprint density at radius 3 is 2.09 bits per heavy atom. The third-order valence-corrected chi connectivity index (χ3v) is 1.26. The molecule has 0 saturated carbocycles. The summed E-state index contributed by atoms with van der Waals surface area (Å²) in [5, 5.41) is 0. The van der Waals surface area contributed by atoms with Gasteiger partial charge in [0.25, 0.3) is 0 Å². The van der Waals surface area contributed by atoms with Gasteiger partial charge in [0.15, 0.2) is 0 Å². The van der Waals surface area contributed by atoms with Crippen LogP contribution in [0, 0.1) is 6.92 Å². The van der Waals surface area contributed by atoms with Crippen LogP contribution >= 0.6 is 0 Å². The van der Waals surface area contributed by atoms with Crippen molar-refractivity contribution in [3.63, 3.8) is 0 Å². The smallest absolute Gasteiger partial charge is 0.247 e. The van der Waals surface area contributed by atoms with Gasteiger partial charge in [-0.1, -0.05) is 13.3 Å². The summed E-state index contributed by atoms with van der Waals surface area (Å²) in [5.41, 5.74) is 0. The van der Waals surface area contributed by atoms with Crippen LogP contribution in [0.3, 0.4) is 0 Å². The maximum Gasteiger partial charge on any atom is 0.389 e. The van der Waals surface area contributed by atoms with Gasteiger partial charge in [-0.3, -0.25) is 0 Å². The molecule has 0 aromatic rings. The predicted molar refractivity (Wildman–Crippen MR) is 34.8 cm³/mol. The minimum atomic E-state index is -4.23. The van der Waals surface area contributed by atoms with E-state index in [1.807, 2.05) is 0 Å². The van der Waals surface area contributed by atoms with Gasteiger partial charge in [-0.05, 0) is 12.8 Å². The SMILES string of the molecule is [CH2]CC[C@H](F)CCC(F)(F)F. The monoisotopic (exact) mass is 171 g/mol. The molecule has 0 heterocycles. The Labute approximate surface area is 63.6 Å². The summed E-state index contributed by atoms with van der Waals surface area (Å²) in [7, 11) is 0. The van der Waals surface area contributed by atoms with Crippen LogP contribution in [-0.4, -0.2) is 12.3 Å². The number of halogens is 4. The summed E-state index contributed by atoms with van der Waals surface area (Å²) in [5.74, 6) is 0. The molecule has 1 atom stereocenters. The predicted octanol–water partition coefficient (Wildman–Crippen LogP) is 3.28. The lowest BCUT2D eigenvalue weighted by molar-refractivity contribution is -0.138. The van der Waals surface area contributed by atoms with Gasteiger partial charge in [-0.15, -0.1) is 0 Å². The standard InChI is InChI=1S/C7H11F4/c1-2-3-6(8)4-5-7(9,10)11/h6H,1-5H2/t6-/m0/s1. The fraction of sp³-hybridized carbons (Fsp3) is 0.857. The highest BCUT2D eigenvalue weighted by molar-refractivity contribution is 4.60. The van der Waals surface area contributed by atoms with E-state index in [2.05, 4.69) is 6.92 Å². The van der Waals surface area contributed by atoms with Crippen molar-refractivity contribution in [1.82, 2.24) is 0 Å². The Kier molecular flexibility index (Phi) is 4.45. The van der Waals surface area contributed by atoms with E-state index in [1.54, 1.807) is 0 Å². The highest BCUT2D eigenvalue weighted by Gasteiger charge is 2.27. The third-order valence-electron chi connectivity index (χ3n) is 1.26. The van der Waals surface area contributed by atoms with Gasteiger partial charge < -0.3 is 0 Å². The second-order valence-corrected chi connectivity index (χ2v) is 2.39. The summed E-state index contributed by atoms with van der Waals surface area (Å²) in [6, 6.07) is 0. The lowest BCUT2D eigenvalue weighted by atomic mass is 10.1. The molecule has 0 unspecified atom stereocenters. The lowest BCUT2D eigenvalue weighted by Gasteiger charge is -2.08. The minimum Gasteiger partial charge on any atom is -0.247 e. The highest BCUT2D eigenvalue weighted by Crippen LogP contribution is 2.24. The Balaban J connectivity index is 3.38. The Bertz CT molecular complexity index is 97.1. The van der Waals surface area contributed by atoms with Crippen molar-refractivity contribution in [2.24, 2.45) is 0 Å². The van der Waals surface area contributed by atoms with Crippen LogP contribution in [-0.2, 0) is 0 Å². The topological polar surface area (TPSA) is 0 Å². The molecule has 67 valence electrons. The first-order valence-electron chi connectivity index (χ1n) is 3.46. The highest BCUT2D eigenvalue weighted by atomic mass is 19.4. The first-order chi connectivity index (χ1) is 4.95. The number of alkyl halides is 4. The van der Waals surface area contributed by atoms with Gasteiger partial charge in [-0.25, -0.2) is 4.39 Å². The van der Waals surface area contributed by atoms with E-state index in [4.69, 9.17) is 0 Å². The Hall–Kier alpha value is -0.280. The quantitative estimate of drug-likeness (QED) is 0.569. The molecular formula is C7H11F4. The molecule has 4 heteroatoms. The van der Waals surface area contributed by atoms with Crippen molar-refractivity contribution < 1.29 is 17.6 Å². The summed E-state index contributed by atoms with van der Waals surface area (Å²) >= 11 is 0. The molecule has 11 heavy (non-hydrogen) atoms. The van der Waals surface area contributed by atoms with Crippen molar-refractivity contribution in [3.05, 3.63) is 6.92 Å². The van der Waals surface area contributed by atoms with Crippen LogP contribution in [0.15, 0.2) is 0 Å². The first kappa shape index (κ1) is 10.7. The average molecular weight is 171 g/mol. The van der Waals surface area contributed by atoms with Crippen molar-refractivity contribution in [3.8, 4) is 0 Å². The van der Waals surface area contributed by atoms with Gasteiger partial charge in [0, 0.05) is 6.42 Å². The van der Waals surface area contributed by atoms with Crippen molar-refractivity contribution in [2.45, 2.75) is 38.0 Å². The van der Waals surface area contributed by atoms with E-state index in [1.165, 1.54) is 0 Å². The zero-order chi connectivity index (χ0) is 8.91. The van der Waals surface area contributed by atoms with Crippen LogP contribution < -0.4 is 0 Å². The van der Waals surface area contributed by atoms with E-state index in [0.29, 0.717) is 6.42 Å². The summed E-state index contributed by atoms with van der Waals surface area (Å²) in [6.07, 6.45) is -6.58. The van der Waals surface area contributed by atoms with E-state index < -0.39 is 25.2 Å². The Morgan fingerprint density at radius 2 is 1.73 bits per heavy atom. The van der Waals surface area contributed by atoms with Crippen LogP contribution in [0.5, 0.6) is 0 Å². The van der Waals surface area contributed by atoms with Crippen LogP contribution in [0.1, 0.15) is 25.7 Å². The lowest BCUT2D eigenvalue weighted by Crippen LogP contribution is -2.11. The van der Waals surface area contributed by atoms with Gasteiger partial charge in [0.1, 0.15) is 6.17 Å². The molecule has 0 spiro atoms. The number of rotatable bonds is 4. The van der Waals surface area contributed by atoms with Gasteiger partial charge >= 0.3 is 6.18 Å². The summed E-state index contributed by atoms with van der Waals surface area (Å²) < 4.78 is 46.8. The van der Waals surface area contributed by atoms with E-state index in [9.17, 15) is 17.6 Å². The molecule has 0 amide bonds. The summed E-state index contributed by atoms with van der Waals surface area (Å²) in [6.45, 7) is 3.35. The fourth-order valence-corrected chi connectivity index (χ4v) is 0.686. The molecular weight excluding hydrogens is 160 g/mol. The molecule has 0 saturated heterocycles. The number of hydrogen-bond acceptors (Lipinski definition) is 0. The first-order valence-corrected chi connectivity index (χ1v) is 3.46. The van der Waals surface area contributed by atoms with E-state index >= 15 is 0 Å². The average Bonchev–Trinajstić information content (AvgIpc) is 1.83. The van der Waals surface area contributed by atoms with Gasteiger partial charge in [0.2, 0.25) is 0 Å². The Morgan fingerprint density at radius 1 is 1.18 bits per heavy atom. The van der Waals surface area contributed by atoms with Crippen LogP contribution in [0.4, 0.5) is 17.6 Å². The van der Waals surface area contributed by atoms with E-state index in [0.717, 1.165) is 0 Å². The molecule has 0 aromatic carbocycles. The zero-order valence-corrected chi connectivity index (χ0v) is 6.12. The molecule has 0 aliphatic rings. The van der Waals surface area contributed by atoms with E-state index in [-0.39, 0.29) is 6.42 Å². The fourth-order valence-electron chi connectivity index (χ4n) is 0.686. The minimum absolute atomic E-state index is 0.121. The molecule has 0 N–H and O–H groups in total. The molecule has 0 aromatic heterocycles. The maximum absolute atomic E-state index is 12.4. The molecule has 0 aliphatic carbocycles. The van der Waals surface area contributed by atoms with Crippen LogP contribution in [0.25, 0.3) is 0 Å². The maximum atomic E-state index is 12.4.